The molecule has 0 fully saturated rings. The first-order valence-corrected chi connectivity index (χ1v) is 6.50. The van der Waals surface area contributed by atoms with E-state index in [4.69, 9.17) is 5.73 Å². The van der Waals surface area contributed by atoms with Crippen LogP contribution in [0.25, 0.3) is 0 Å². The predicted octanol–water partition coefficient (Wildman–Crippen LogP) is 2.13. The molecule has 0 aliphatic heterocycles. The van der Waals surface area contributed by atoms with E-state index in [-0.39, 0.29) is 0 Å². The van der Waals surface area contributed by atoms with Crippen LogP contribution in [-0.4, -0.2) is 22.9 Å². The summed E-state index contributed by atoms with van der Waals surface area (Å²) < 4.78 is 1.75. The Bertz CT molecular complexity index is 475. The van der Waals surface area contributed by atoms with Crippen LogP contribution < -0.4 is 10.6 Å². The lowest BCUT2D eigenvalue weighted by molar-refractivity contribution is 0.666. The predicted molar refractivity (Wildman–Crippen MR) is 73.5 cm³/mol. The molecule has 0 aliphatic rings. The van der Waals surface area contributed by atoms with Crippen molar-refractivity contribution in [2.75, 3.05) is 17.7 Å². The second-order valence-corrected chi connectivity index (χ2v) is 5.36. The Kier molecular flexibility index (Phi) is 3.38. The molecule has 0 spiro atoms. The Morgan fingerprint density at radius 3 is 2.88 bits per heavy atom. The first-order valence-electron chi connectivity index (χ1n) is 5.62. The number of anilines is 2. The zero-order valence-corrected chi connectivity index (χ0v) is 11.2. The third-order valence-electron chi connectivity index (χ3n) is 2.91. The number of hydrogen-bond acceptors (Lipinski definition) is 4. The molecular formula is C12H18N4S. The van der Waals surface area contributed by atoms with E-state index in [0.717, 1.165) is 17.9 Å². The molecule has 0 saturated heterocycles. The number of hydrogen-bond donors (Lipinski definition) is 1. The summed E-state index contributed by atoms with van der Waals surface area (Å²) in [6.45, 7) is 2.19. The van der Waals surface area contributed by atoms with Crippen LogP contribution in [0.4, 0.5) is 11.5 Å². The highest BCUT2D eigenvalue weighted by atomic mass is 32.1. The van der Waals surface area contributed by atoms with Gasteiger partial charge in [-0.05, 0) is 18.4 Å². The number of aryl methyl sites for hydroxylation is 1. The molecule has 0 amide bonds. The van der Waals surface area contributed by atoms with Crippen LogP contribution in [0.3, 0.4) is 0 Å². The summed E-state index contributed by atoms with van der Waals surface area (Å²) in [6.07, 6.45) is 2.86. The fourth-order valence-electron chi connectivity index (χ4n) is 1.83. The van der Waals surface area contributed by atoms with Crippen molar-refractivity contribution in [3.05, 3.63) is 28.6 Å². The molecule has 0 aliphatic carbocycles. The molecule has 92 valence electrons. The van der Waals surface area contributed by atoms with Gasteiger partial charge in [0.25, 0.3) is 0 Å². The number of nitrogens with zero attached hydrogens (tertiary/aromatic N) is 3. The van der Waals surface area contributed by atoms with Crippen LogP contribution in [0.5, 0.6) is 0 Å². The summed E-state index contributed by atoms with van der Waals surface area (Å²) in [6, 6.07) is 4.63. The van der Waals surface area contributed by atoms with Gasteiger partial charge in [0, 0.05) is 37.6 Å². The van der Waals surface area contributed by atoms with E-state index >= 15 is 0 Å². The second kappa shape index (κ2) is 4.79. The maximum Gasteiger partial charge on any atom is 0.173 e. The molecule has 2 aromatic heterocycles. The van der Waals surface area contributed by atoms with Crippen molar-refractivity contribution in [2.45, 2.75) is 19.4 Å². The van der Waals surface area contributed by atoms with Crippen molar-refractivity contribution >= 4 is 22.8 Å². The zero-order chi connectivity index (χ0) is 12.4. The van der Waals surface area contributed by atoms with E-state index in [1.807, 2.05) is 20.3 Å². The van der Waals surface area contributed by atoms with E-state index in [1.165, 1.54) is 4.88 Å². The van der Waals surface area contributed by atoms with Gasteiger partial charge in [-0.25, -0.2) is 0 Å². The minimum absolute atomic E-state index is 0.380. The Hall–Kier alpha value is -1.49. The van der Waals surface area contributed by atoms with Gasteiger partial charge in [0.2, 0.25) is 0 Å². The van der Waals surface area contributed by atoms with Crippen LogP contribution in [0, 0.1) is 0 Å². The van der Waals surface area contributed by atoms with Crippen LogP contribution in [0.15, 0.2) is 23.7 Å². The summed E-state index contributed by atoms with van der Waals surface area (Å²) in [5.41, 5.74) is 6.66. The van der Waals surface area contributed by atoms with E-state index < -0.39 is 0 Å². The van der Waals surface area contributed by atoms with Crippen molar-refractivity contribution in [3.63, 3.8) is 0 Å². The van der Waals surface area contributed by atoms with Crippen molar-refractivity contribution in [2.24, 2.45) is 7.05 Å². The minimum atomic E-state index is 0.380. The number of rotatable bonds is 4. The molecule has 0 radical (unpaired) electrons. The average Bonchev–Trinajstić information content (AvgIpc) is 2.87. The molecule has 2 N–H and O–H groups in total. The Balaban J connectivity index is 2.09. The molecule has 4 nitrogen and oxygen atoms in total. The first-order chi connectivity index (χ1) is 8.08. The molecule has 0 bridgehead atoms. The molecule has 2 heterocycles. The Labute approximate surface area is 106 Å². The smallest absolute Gasteiger partial charge is 0.173 e. The largest absolute Gasteiger partial charge is 0.394 e. The molecule has 0 aromatic carbocycles. The molecular weight excluding hydrogens is 232 g/mol. The maximum atomic E-state index is 5.93. The van der Waals surface area contributed by atoms with Crippen molar-refractivity contribution in [3.8, 4) is 0 Å². The summed E-state index contributed by atoms with van der Waals surface area (Å²) >= 11 is 1.79. The number of likely N-dealkylation sites (N-methyl/N-ethyl adjacent to an activating group) is 1. The van der Waals surface area contributed by atoms with Crippen LogP contribution in [0.2, 0.25) is 0 Å². The highest BCUT2D eigenvalue weighted by molar-refractivity contribution is 7.09. The lowest BCUT2D eigenvalue weighted by atomic mass is 10.2. The molecule has 5 heteroatoms. The Morgan fingerprint density at radius 1 is 1.59 bits per heavy atom. The van der Waals surface area contributed by atoms with Crippen molar-refractivity contribution in [1.82, 2.24) is 9.78 Å². The van der Waals surface area contributed by atoms with Crippen LogP contribution >= 0.6 is 11.3 Å². The van der Waals surface area contributed by atoms with E-state index in [9.17, 15) is 0 Å². The average molecular weight is 250 g/mol. The summed E-state index contributed by atoms with van der Waals surface area (Å²) in [4.78, 5) is 3.52. The first kappa shape index (κ1) is 12.0. The highest BCUT2D eigenvalue weighted by Gasteiger charge is 2.16. The summed E-state index contributed by atoms with van der Waals surface area (Å²) in [5.74, 6) is 0.858. The number of nitrogens with two attached hydrogens (primary N) is 1. The molecule has 2 rings (SSSR count). The zero-order valence-electron chi connectivity index (χ0n) is 10.4. The van der Waals surface area contributed by atoms with Gasteiger partial charge in [0.05, 0.1) is 5.69 Å². The van der Waals surface area contributed by atoms with Gasteiger partial charge in [-0.2, -0.15) is 5.10 Å². The lowest BCUT2D eigenvalue weighted by Gasteiger charge is -2.24. The topological polar surface area (TPSA) is 47.1 Å². The molecule has 2 aromatic rings. The Morgan fingerprint density at radius 2 is 2.35 bits per heavy atom. The second-order valence-electron chi connectivity index (χ2n) is 4.33. The van der Waals surface area contributed by atoms with Gasteiger partial charge < -0.3 is 10.6 Å². The van der Waals surface area contributed by atoms with Gasteiger partial charge in [-0.3, -0.25) is 4.68 Å². The van der Waals surface area contributed by atoms with Gasteiger partial charge in [-0.1, -0.05) is 6.07 Å². The quantitative estimate of drug-likeness (QED) is 0.904. The molecule has 0 saturated carbocycles. The fourth-order valence-corrected chi connectivity index (χ4v) is 2.66. The maximum absolute atomic E-state index is 5.93. The van der Waals surface area contributed by atoms with Gasteiger partial charge >= 0.3 is 0 Å². The third-order valence-corrected chi connectivity index (χ3v) is 3.81. The highest BCUT2D eigenvalue weighted by Crippen LogP contribution is 2.23. The normalized spacial score (nSPS) is 12.6. The lowest BCUT2D eigenvalue weighted by Crippen LogP contribution is -2.31. The van der Waals surface area contributed by atoms with Crippen LogP contribution in [0.1, 0.15) is 11.8 Å². The van der Waals surface area contributed by atoms with E-state index in [2.05, 4.69) is 34.4 Å². The SMILES string of the molecule is CC(Cc1cccs1)N(C)c1nn(C)cc1N. The number of nitrogen functional groups attached to an aromatic ring is 1. The molecule has 1 atom stereocenters. The summed E-state index contributed by atoms with van der Waals surface area (Å²) in [5, 5.41) is 6.49. The monoisotopic (exact) mass is 250 g/mol. The molecule has 1 unspecified atom stereocenters. The number of aromatic nitrogens is 2. The minimum Gasteiger partial charge on any atom is -0.394 e. The van der Waals surface area contributed by atoms with Gasteiger partial charge in [0.15, 0.2) is 5.82 Å². The van der Waals surface area contributed by atoms with Gasteiger partial charge in [-0.15, -0.1) is 11.3 Å². The van der Waals surface area contributed by atoms with Crippen molar-refractivity contribution in [1.29, 1.82) is 0 Å². The van der Waals surface area contributed by atoms with Crippen LogP contribution in [-0.2, 0) is 13.5 Å². The van der Waals surface area contributed by atoms with Gasteiger partial charge in [0.1, 0.15) is 0 Å². The number of thiophene rings is 1. The summed E-state index contributed by atoms with van der Waals surface area (Å²) in [7, 11) is 3.93. The van der Waals surface area contributed by atoms with E-state index in [0.29, 0.717) is 6.04 Å². The third kappa shape index (κ3) is 2.61. The van der Waals surface area contributed by atoms with Crippen molar-refractivity contribution < 1.29 is 0 Å². The fraction of sp³-hybridized carbons (Fsp3) is 0.417. The molecule has 17 heavy (non-hydrogen) atoms. The standard InChI is InChI=1S/C12H18N4S/c1-9(7-10-5-4-6-17-10)16(3)12-11(13)8-15(2)14-12/h4-6,8-9H,7,13H2,1-3H3. The van der Waals surface area contributed by atoms with E-state index in [1.54, 1.807) is 16.0 Å².